The summed E-state index contributed by atoms with van der Waals surface area (Å²) in [5, 5.41) is 0.270. The molecular weight excluding hydrogens is 210 g/mol. The highest BCUT2D eigenvalue weighted by Gasteiger charge is 2.31. The molecule has 1 heterocycles. The largest absolute Gasteiger partial charge is 0.444 e. The third-order valence-corrected chi connectivity index (χ3v) is 3.27. The first-order valence-electron chi connectivity index (χ1n) is 5.49. The number of carbonyl (C=O) groups excluding carboxylic acids is 1. The van der Waals surface area contributed by atoms with E-state index < -0.39 is 5.60 Å². The Bertz CT molecular complexity index is 237. The van der Waals surface area contributed by atoms with E-state index in [1.165, 1.54) is 0 Å². The molecule has 4 heteroatoms. The fraction of sp³-hybridized carbons (Fsp3) is 0.909. The van der Waals surface area contributed by atoms with Crippen molar-refractivity contribution in [3.05, 3.63) is 0 Å². The Morgan fingerprint density at radius 3 is 2.60 bits per heavy atom. The van der Waals surface area contributed by atoms with Gasteiger partial charge in [-0.1, -0.05) is 0 Å². The Balaban J connectivity index is 2.59. The summed E-state index contributed by atoms with van der Waals surface area (Å²) < 4.78 is 5.35. The van der Waals surface area contributed by atoms with Gasteiger partial charge in [0.05, 0.1) is 0 Å². The Hall–Kier alpha value is -0.380. The van der Waals surface area contributed by atoms with Gasteiger partial charge in [0.1, 0.15) is 5.60 Å². The van der Waals surface area contributed by atoms with Crippen molar-refractivity contribution in [2.45, 2.75) is 57.4 Å². The average Bonchev–Trinajstić information content (AvgIpc) is 2.06. The van der Waals surface area contributed by atoms with Gasteiger partial charge < -0.3 is 9.64 Å². The van der Waals surface area contributed by atoms with Crippen LogP contribution < -0.4 is 0 Å². The first kappa shape index (κ1) is 12.7. The topological polar surface area (TPSA) is 29.5 Å². The molecule has 0 aromatic rings. The minimum absolute atomic E-state index is 0.164. The van der Waals surface area contributed by atoms with Crippen LogP contribution in [0.4, 0.5) is 4.79 Å². The number of rotatable bonds is 0. The summed E-state index contributed by atoms with van der Waals surface area (Å²) in [7, 11) is 0. The smallest absolute Gasteiger partial charge is 0.410 e. The lowest BCUT2D eigenvalue weighted by Gasteiger charge is -2.38. The lowest BCUT2D eigenvalue weighted by atomic mass is 10.0. The lowest BCUT2D eigenvalue weighted by molar-refractivity contribution is 0.0130. The van der Waals surface area contributed by atoms with Crippen molar-refractivity contribution in [3.63, 3.8) is 0 Å². The van der Waals surface area contributed by atoms with Gasteiger partial charge in [-0.2, -0.15) is 12.6 Å². The van der Waals surface area contributed by atoms with E-state index in [1.54, 1.807) is 4.90 Å². The minimum Gasteiger partial charge on any atom is -0.444 e. The lowest BCUT2D eigenvalue weighted by Crippen LogP contribution is -2.49. The highest BCUT2D eigenvalue weighted by molar-refractivity contribution is 7.81. The molecule has 3 nitrogen and oxygen atoms in total. The van der Waals surface area contributed by atoms with Crippen LogP contribution in [-0.4, -0.2) is 34.4 Å². The summed E-state index contributed by atoms with van der Waals surface area (Å²) in [4.78, 5) is 13.6. The normalized spacial score (nSPS) is 27.7. The van der Waals surface area contributed by atoms with Gasteiger partial charge in [0.15, 0.2) is 0 Å². The van der Waals surface area contributed by atoms with E-state index in [9.17, 15) is 4.79 Å². The van der Waals surface area contributed by atoms with Crippen LogP contribution in [0.1, 0.15) is 40.5 Å². The zero-order valence-electron chi connectivity index (χ0n) is 9.99. The molecule has 0 N–H and O–H groups in total. The zero-order chi connectivity index (χ0) is 11.6. The second-order valence-corrected chi connectivity index (χ2v) is 5.79. The van der Waals surface area contributed by atoms with Crippen molar-refractivity contribution in [2.24, 2.45) is 0 Å². The summed E-state index contributed by atoms with van der Waals surface area (Å²) >= 11 is 4.47. The molecule has 2 unspecified atom stereocenters. The number of hydrogen-bond donors (Lipinski definition) is 1. The van der Waals surface area contributed by atoms with E-state index in [-0.39, 0.29) is 17.4 Å². The van der Waals surface area contributed by atoms with Gasteiger partial charge in [0, 0.05) is 17.8 Å². The highest BCUT2D eigenvalue weighted by Crippen LogP contribution is 2.23. The second kappa shape index (κ2) is 4.64. The molecule has 15 heavy (non-hydrogen) atoms. The summed E-state index contributed by atoms with van der Waals surface area (Å²) in [6.07, 6.45) is 1.87. The molecule has 1 saturated heterocycles. The Labute approximate surface area is 97.6 Å². The molecule has 2 atom stereocenters. The molecule has 0 radical (unpaired) electrons. The average molecular weight is 231 g/mol. The predicted octanol–water partition coefficient (Wildman–Crippen LogP) is 2.70. The Kier molecular flexibility index (Phi) is 3.93. The van der Waals surface area contributed by atoms with Crippen molar-refractivity contribution >= 4 is 18.7 Å². The van der Waals surface area contributed by atoms with Crippen molar-refractivity contribution < 1.29 is 9.53 Å². The first-order valence-corrected chi connectivity index (χ1v) is 6.00. The SMILES string of the molecule is CC1C(S)CCCN1C(=O)OC(C)(C)C. The molecular formula is C11H21NO2S. The molecule has 0 aromatic carbocycles. The van der Waals surface area contributed by atoms with Gasteiger partial charge in [-0.05, 0) is 40.5 Å². The van der Waals surface area contributed by atoms with Gasteiger partial charge >= 0.3 is 6.09 Å². The monoisotopic (exact) mass is 231 g/mol. The molecule has 1 amide bonds. The van der Waals surface area contributed by atoms with E-state index in [1.807, 2.05) is 27.7 Å². The molecule has 0 saturated carbocycles. The summed E-state index contributed by atoms with van der Waals surface area (Å²) in [5.74, 6) is 0. The Morgan fingerprint density at radius 2 is 2.07 bits per heavy atom. The highest BCUT2D eigenvalue weighted by atomic mass is 32.1. The van der Waals surface area contributed by atoms with Crippen molar-refractivity contribution in [1.29, 1.82) is 0 Å². The summed E-state index contributed by atoms with van der Waals surface area (Å²) in [6, 6.07) is 0.164. The van der Waals surface area contributed by atoms with Gasteiger partial charge in [0.25, 0.3) is 0 Å². The predicted molar refractivity (Wildman–Crippen MR) is 64.4 cm³/mol. The number of carbonyl (C=O) groups is 1. The molecule has 0 aliphatic carbocycles. The fourth-order valence-electron chi connectivity index (χ4n) is 1.70. The van der Waals surface area contributed by atoms with Crippen molar-refractivity contribution in [2.75, 3.05) is 6.54 Å². The van der Waals surface area contributed by atoms with Crippen LogP contribution in [0.2, 0.25) is 0 Å². The van der Waals surface area contributed by atoms with Crippen molar-refractivity contribution in [1.82, 2.24) is 4.90 Å². The van der Waals surface area contributed by atoms with Crippen LogP contribution in [0.3, 0.4) is 0 Å². The number of nitrogens with zero attached hydrogens (tertiary/aromatic N) is 1. The van der Waals surface area contributed by atoms with Crippen LogP contribution in [-0.2, 0) is 4.74 Å². The van der Waals surface area contributed by atoms with E-state index >= 15 is 0 Å². The maximum Gasteiger partial charge on any atom is 0.410 e. The maximum atomic E-state index is 11.8. The van der Waals surface area contributed by atoms with Crippen LogP contribution in [0.5, 0.6) is 0 Å². The van der Waals surface area contributed by atoms with Crippen LogP contribution in [0, 0.1) is 0 Å². The molecule has 88 valence electrons. The number of piperidine rings is 1. The molecule has 0 bridgehead atoms. The number of hydrogen-bond acceptors (Lipinski definition) is 3. The van der Waals surface area contributed by atoms with E-state index in [0.29, 0.717) is 0 Å². The standard InChI is InChI=1S/C11H21NO2S/c1-8-9(15)6-5-7-12(8)10(13)14-11(2,3)4/h8-9,15H,5-7H2,1-4H3. The van der Waals surface area contributed by atoms with Gasteiger partial charge in [-0.25, -0.2) is 4.79 Å². The van der Waals surface area contributed by atoms with E-state index in [0.717, 1.165) is 19.4 Å². The first-order chi connectivity index (χ1) is 6.81. The van der Waals surface area contributed by atoms with Gasteiger partial charge in [-0.15, -0.1) is 0 Å². The maximum absolute atomic E-state index is 11.8. The zero-order valence-corrected chi connectivity index (χ0v) is 10.9. The van der Waals surface area contributed by atoms with Crippen LogP contribution >= 0.6 is 12.6 Å². The van der Waals surface area contributed by atoms with E-state index in [4.69, 9.17) is 4.74 Å². The number of amides is 1. The third-order valence-electron chi connectivity index (χ3n) is 2.58. The number of thiol groups is 1. The molecule has 0 aromatic heterocycles. The Morgan fingerprint density at radius 1 is 1.47 bits per heavy atom. The van der Waals surface area contributed by atoms with Crippen molar-refractivity contribution in [3.8, 4) is 0 Å². The summed E-state index contributed by atoms with van der Waals surface area (Å²) in [6.45, 7) is 8.47. The quantitative estimate of drug-likeness (QED) is 0.650. The van der Waals surface area contributed by atoms with Crippen LogP contribution in [0.25, 0.3) is 0 Å². The molecule has 0 spiro atoms. The third kappa shape index (κ3) is 3.59. The molecule has 1 aliphatic heterocycles. The second-order valence-electron chi connectivity index (χ2n) is 5.12. The van der Waals surface area contributed by atoms with Gasteiger partial charge in [-0.3, -0.25) is 0 Å². The fourth-order valence-corrected chi connectivity index (χ4v) is 2.04. The minimum atomic E-state index is -0.416. The van der Waals surface area contributed by atoms with Crippen LogP contribution in [0.15, 0.2) is 0 Å². The molecule has 1 rings (SSSR count). The molecule has 1 fully saturated rings. The summed E-state index contributed by atoms with van der Waals surface area (Å²) in [5.41, 5.74) is -0.416. The number of likely N-dealkylation sites (tertiary alicyclic amines) is 1. The van der Waals surface area contributed by atoms with E-state index in [2.05, 4.69) is 12.6 Å². The van der Waals surface area contributed by atoms with Gasteiger partial charge in [0.2, 0.25) is 0 Å². The number of ether oxygens (including phenoxy) is 1. The molecule has 1 aliphatic rings.